The van der Waals surface area contributed by atoms with Crippen molar-refractivity contribution in [1.29, 1.82) is 0 Å². The molecule has 0 aliphatic heterocycles. The van der Waals surface area contributed by atoms with Gasteiger partial charge in [-0.2, -0.15) is 10.1 Å². The lowest BCUT2D eigenvalue weighted by Crippen LogP contribution is -2.20. The molecule has 10 heteroatoms. The molecule has 0 unspecified atom stereocenters. The van der Waals surface area contributed by atoms with E-state index in [9.17, 15) is 19.2 Å². The van der Waals surface area contributed by atoms with Crippen LogP contribution in [0.1, 0.15) is 99.8 Å². The molecule has 0 spiro atoms. The van der Waals surface area contributed by atoms with Crippen molar-refractivity contribution in [2.75, 3.05) is 0 Å². The van der Waals surface area contributed by atoms with Gasteiger partial charge in [0.1, 0.15) is 5.60 Å². The summed E-state index contributed by atoms with van der Waals surface area (Å²) in [5, 5.41) is 7.96. The second-order valence-corrected chi connectivity index (χ2v) is 7.26. The minimum Gasteiger partial charge on any atom is -0.301 e. The van der Waals surface area contributed by atoms with Gasteiger partial charge in [0.15, 0.2) is 0 Å². The highest BCUT2D eigenvalue weighted by atomic mass is 17.2. The zero-order valence-electron chi connectivity index (χ0n) is 19.3. The van der Waals surface area contributed by atoms with E-state index in [1.54, 1.807) is 20.8 Å². The van der Waals surface area contributed by atoms with E-state index in [1.807, 2.05) is 0 Å². The summed E-state index contributed by atoms with van der Waals surface area (Å²) in [5.74, 6) is -2.22. The average Bonchev–Trinajstić information content (AvgIpc) is 2.64. The lowest BCUT2D eigenvalue weighted by molar-refractivity contribution is -0.318. The first kappa shape index (κ1) is 32.5. The Kier molecular flexibility index (Phi) is 23.3. The number of unbranched alkanes of at least 4 members (excludes halogenated alkanes) is 6. The van der Waals surface area contributed by atoms with Crippen LogP contribution in [0.3, 0.4) is 0 Å². The highest BCUT2D eigenvalue weighted by molar-refractivity contribution is 5.69. The van der Waals surface area contributed by atoms with Gasteiger partial charge in [-0.3, -0.25) is 4.89 Å². The van der Waals surface area contributed by atoms with Crippen LogP contribution in [-0.2, 0) is 43.6 Å². The molecule has 0 radical (unpaired) electrons. The summed E-state index contributed by atoms with van der Waals surface area (Å²) in [7, 11) is 0. The summed E-state index contributed by atoms with van der Waals surface area (Å²) in [5.41, 5.74) is -0.411. The smallest absolute Gasteiger partial charge is 0.301 e. The van der Waals surface area contributed by atoms with Gasteiger partial charge in [-0.05, 0) is 27.2 Å². The van der Waals surface area contributed by atoms with Gasteiger partial charge in [-0.25, -0.2) is 29.0 Å². The molecule has 0 amide bonds. The topological polar surface area (TPSA) is 135 Å². The Balaban J connectivity index is -0.000000379. The summed E-state index contributed by atoms with van der Waals surface area (Å²) in [4.78, 5) is 60.4. The normalized spacial score (nSPS) is 9.73. The predicted molar refractivity (Wildman–Crippen MR) is 107 cm³/mol. The van der Waals surface area contributed by atoms with E-state index in [0.717, 1.165) is 26.7 Å². The Morgan fingerprint density at radius 3 is 1.40 bits per heavy atom. The summed E-state index contributed by atoms with van der Waals surface area (Å²) in [6, 6.07) is 0. The van der Waals surface area contributed by atoms with E-state index in [-0.39, 0.29) is 0 Å². The fourth-order valence-electron chi connectivity index (χ4n) is 1.57. The maximum atomic E-state index is 10.5. The maximum absolute atomic E-state index is 10.5. The molecule has 0 aromatic carbocycles. The van der Waals surface area contributed by atoms with E-state index in [4.69, 9.17) is 5.26 Å². The van der Waals surface area contributed by atoms with Crippen molar-refractivity contribution >= 4 is 23.9 Å². The molecule has 0 saturated carbocycles. The Morgan fingerprint density at radius 1 is 0.700 bits per heavy atom. The van der Waals surface area contributed by atoms with Gasteiger partial charge >= 0.3 is 23.9 Å². The quantitative estimate of drug-likeness (QED) is 0.312. The van der Waals surface area contributed by atoms with Gasteiger partial charge in [0.2, 0.25) is 0 Å². The first-order chi connectivity index (χ1) is 13.9. The second kappa shape index (κ2) is 21.5. The van der Waals surface area contributed by atoms with Gasteiger partial charge < -0.3 is 4.89 Å². The number of rotatable bonds is 9. The third kappa shape index (κ3) is 40.5. The largest absolute Gasteiger partial charge is 0.352 e. The Bertz CT molecular complexity index is 455. The molecule has 30 heavy (non-hydrogen) atoms. The molecule has 10 nitrogen and oxygen atoms in total. The van der Waals surface area contributed by atoms with Crippen LogP contribution in [0.15, 0.2) is 0 Å². The molecule has 0 bridgehead atoms. The van der Waals surface area contributed by atoms with Crippen LogP contribution in [0.4, 0.5) is 0 Å². The molecule has 0 atom stereocenters. The first-order valence-electron chi connectivity index (χ1n) is 9.91. The minimum absolute atomic E-state index is 0.338. The summed E-state index contributed by atoms with van der Waals surface area (Å²) in [6.07, 6.45) is 8.51. The third-order valence-electron chi connectivity index (χ3n) is 2.77. The van der Waals surface area contributed by atoms with Gasteiger partial charge in [-0.15, -0.1) is 0 Å². The molecule has 178 valence electrons. The SMILES string of the molecule is CC(=O)OOC(C)(C)C.CC(=O)OOC(C)=O.CCCCCCCCCC(=O)OO. The molecular weight excluding hydrogens is 400 g/mol. The highest BCUT2D eigenvalue weighted by Crippen LogP contribution is 2.08. The molecule has 1 N–H and O–H groups in total. The van der Waals surface area contributed by atoms with Crippen molar-refractivity contribution in [3.8, 4) is 0 Å². The molecule has 0 rings (SSSR count). The van der Waals surface area contributed by atoms with Crippen LogP contribution in [0.25, 0.3) is 0 Å². The predicted octanol–water partition coefficient (Wildman–Crippen LogP) is 4.45. The lowest BCUT2D eigenvalue weighted by atomic mass is 10.1. The van der Waals surface area contributed by atoms with Crippen LogP contribution in [-0.4, -0.2) is 34.7 Å². The van der Waals surface area contributed by atoms with Crippen LogP contribution < -0.4 is 0 Å². The summed E-state index contributed by atoms with van der Waals surface area (Å²) >= 11 is 0. The van der Waals surface area contributed by atoms with Gasteiger partial charge in [0, 0.05) is 27.2 Å². The lowest BCUT2D eigenvalue weighted by Gasteiger charge is -2.15. The van der Waals surface area contributed by atoms with Crippen LogP contribution in [0.2, 0.25) is 0 Å². The number of carbonyl (C=O) groups excluding carboxylic acids is 4. The average molecular weight is 439 g/mol. The Labute approximate surface area is 178 Å². The number of carbonyl (C=O) groups is 4. The highest BCUT2D eigenvalue weighted by Gasteiger charge is 2.12. The Morgan fingerprint density at radius 2 is 1.10 bits per heavy atom. The number of hydrogen-bond donors (Lipinski definition) is 1. The first-order valence-corrected chi connectivity index (χ1v) is 9.91. The zero-order valence-corrected chi connectivity index (χ0v) is 19.3. The maximum Gasteiger partial charge on any atom is 0.352 e. The third-order valence-corrected chi connectivity index (χ3v) is 2.77. The zero-order chi connectivity index (χ0) is 24.0. The fourth-order valence-corrected chi connectivity index (χ4v) is 1.57. The van der Waals surface area contributed by atoms with Crippen LogP contribution in [0.5, 0.6) is 0 Å². The minimum atomic E-state index is -0.639. The molecule has 0 aromatic rings. The molecular formula is C20H38O10. The van der Waals surface area contributed by atoms with E-state index >= 15 is 0 Å². The Hall–Kier alpha value is -2.20. The van der Waals surface area contributed by atoms with Gasteiger partial charge in [0.25, 0.3) is 0 Å². The van der Waals surface area contributed by atoms with E-state index < -0.39 is 29.5 Å². The molecule has 0 aliphatic rings. The van der Waals surface area contributed by atoms with Crippen molar-refractivity contribution in [3.63, 3.8) is 0 Å². The molecule has 0 saturated heterocycles. The van der Waals surface area contributed by atoms with Crippen molar-refractivity contribution < 1.29 is 48.9 Å². The molecule has 0 fully saturated rings. The van der Waals surface area contributed by atoms with E-state index in [0.29, 0.717) is 6.42 Å². The monoisotopic (exact) mass is 438 g/mol. The van der Waals surface area contributed by atoms with Crippen molar-refractivity contribution in [2.45, 2.75) is 105 Å². The molecule has 0 aromatic heterocycles. The standard InChI is InChI=1S/C10H20O3.C6H12O3.C4H6O4/c1-2-3-4-5-6-7-8-9-10(11)13-12;1-5(7)8-9-6(2,3)4;1-3(5)7-8-4(2)6/h12H,2-9H2,1H3;1-4H3;1-2H3. The summed E-state index contributed by atoms with van der Waals surface area (Å²) in [6.45, 7) is 11.2. The van der Waals surface area contributed by atoms with E-state index in [2.05, 4.69) is 31.4 Å². The second-order valence-electron chi connectivity index (χ2n) is 7.26. The fraction of sp³-hybridized carbons (Fsp3) is 0.800. The van der Waals surface area contributed by atoms with Crippen LogP contribution in [0, 0.1) is 0 Å². The molecule has 0 heterocycles. The van der Waals surface area contributed by atoms with Crippen molar-refractivity contribution in [2.24, 2.45) is 0 Å². The van der Waals surface area contributed by atoms with Gasteiger partial charge in [0.05, 0.1) is 0 Å². The number of hydrogen-bond acceptors (Lipinski definition) is 10. The van der Waals surface area contributed by atoms with E-state index in [1.165, 1.54) is 39.0 Å². The summed E-state index contributed by atoms with van der Waals surface area (Å²) < 4.78 is 0. The van der Waals surface area contributed by atoms with Crippen molar-refractivity contribution in [3.05, 3.63) is 0 Å². The van der Waals surface area contributed by atoms with Crippen LogP contribution >= 0.6 is 0 Å². The van der Waals surface area contributed by atoms with Crippen molar-refractivity contribution in [1.82, 2.24) is 0 Å². The molecule has 0 aliphatic carbocycles. The van der Waals surface area contributed by atoms with Gasteiger partial charge in [-0.1, -0.05) is 45.4 Å².